The molecule has 3 heterocycles. The van der Waals surface area contributed by atoms with E-state index < -0.39 is 0 Å². The number of pyridine rings is 2. The van der Waals surface area contributed by atoms with Gasteiger partial charge in [0.1, 0.15) is 0 Å². The van der Waals surface area contributed by atoms with Gasteiger partial charge in [-0.05, 0) is 36.8 Å². The summed E-state index contributed by atoms with van der Waals surface area (Å²) < 4.78 is 1.75. The van der Waals surface area contributed by atoms with Crippen LogP contribution in [0.5, 0.6) is 0 Å². The van der Waals surface area contributed by atoms with E-state index in [0.29, 0.717) is 6.54 Å². The van der Waals surface area contributed by atoms with Crippen LogP contribution >= 0.6 is 0 Å². The molecule has 0 aliphatic carbocycles. The predicted molar refractivity (Wildman–Crippen MR) is 77.7 cm³/mol. The maximum absolute atomic E-state index is 4.37. The monoisotopic (exact) mass is 265 g/mol. The van der Waals surface area contributed by atoms with E-state index in [0.717, 1.165) is 22.8 Å². The summed E-state index contributed by atoms with van der Waals surface area (Å²) in [6.45, 7) is 2.68. The number of nitrogens with one attached hydrogen (secondary N) is 1. The summed E-state index contributed by atoms with van der Waals surface area (Å²) in [6.07, 6.45) is 7.26. The molecule has 0 aromatic carbocycles. The fourth-order valence-corrected chi connectivity index (χ4v) is 1.91. The Labute approximate surface area is 117 Å². The lowest BCUT2D eigenvalue weighted by atomic mass is 10.2. The summed E-state index contributed by atoms with van der Waals surface area (Å²) in [5.74, 6) is 0.789. The third-order valence-electron chi connectivity index (χ3n) is 2.96. The van der Waals surface area contributed by atoms with E-state index in [1.165, 1.54) is 0 Å². The van der Waals surface area contributed by atoms with Crippen LogP contribution in [0.15, 0.2) is 55.1 Å². The molecule has 1 N–H and O–H groups in total. The molecule has 5 nitrogen and oxygen atoms in total. The molecule has 5 heteroatoms. The summed E-state index contributed by atoms with van der Waals surface area (Å²) >= 11 is 0. The zero-order valence-corrected chi connectivity index (χ0v) is 11.2. The molecule has 3 aromatic heterocycles. The first kappa shape index (κ1) is 12.3. The molecular formula is C15H15N5. The van der Waals surface area contributed by atoms with Crippen LogP contribution in [0, 0.1) is 6.92 Å². The highest BCUT2D eigenvalue weighted by atomic mass is 15.3. The van der Waals surface area contributed by atoms with Crippen molar-refractivity contribution in [3.8, 4) is 5.82 Å². The summed E-state index contributed by atoms with van der Waals surface area (Å²) in [5, 5.41) is 7.59. The Balaban J connectivity index is 1.79. The molecular weight excluding hydrogens is 250 g/mol. The second kappa shape index (κ2) is 5.52. The number of aryl methyl sites for hydroxylation is 1. The van der Waals surface area contributed by atoms with Crippen molar-refractivity contribution in [2.75, 3.05) is 5.32 Å². The minimum atomic E-state index is 0.702. The molecule has 0 spiro atoms. The number of hydrogen-bond acceptors (Lipinski definition) is 4. The molecule has 0 fully saturated rings. The fraction of sp³-hybridized carbons (Fsp3) is 0.133. The van der Waals surface area contributed by atoms with Crippen molar-refractivity contribution in [1.29, 1.82) is 0 Å². The molecule has 3 aromatic rings. The molecule has 0 radical (unpaired) electrons. The first-order chi connectivity index (χ1) is 9.83. The van der Waals surface area contributed by atoms with E-state index in [1.54, 1.807) is 17.1 Å². The molecule has 0 aliphatic heterocycles. The quantitative estimate of drug-likeness (QED) is 0.787. The molecule has 0 bridgehead atoms. The number of anilines is 1. The lowest BCUT2D eigenvalue weighted by Crippen LogP contribution is -2.06. The highest BCUT2D eigenvalue weighted by Crippen LogP contribution is 2.17. The smallest absolute Gasteiger partial charge is 0.176 e. The minimum Gasteiger partial charge on any atom is -0.378 e. The highest BCUT2D eigenvalue weighted by molar-refractivity contribution is 5.56. The van der Waals surface area contributed by atoms with Crippen molar-refractivity contribution in [3.05, 3.63) is 66.4 Å². The maximum atomic E-state index is 4.37. The topological polar surface area (TPSA) is 55.6 Å². The lowest BCUT2D eigenvalue weighted by Gasteiger charge is -2.10. The summed E-state index contributed by atoms with van der Waals surface area (Å²) in [5.41, 5.74) is 3.09. The molecule has 0 unspecified atom stereocenters. The van der Waals surface area contributed by atoms with Crippen molar-refractivity contribution in [3.63, 3.8) is 0 Å². The SMILES string of the molecule is Cc1ccc(CNc2cccnc2-n2cccn2)cn1. The molecule has 0 saturated carbocycles. The van der Waals surface area contributed by atoms with Gasteiger partial charge in [0.05, 0.1) is 5.69 Å². The minimum absolute atomic E-state index is 0.702. The predicted octanol–water partition coefficient (Wildman–Crippen LogP) is 2.58. The Morgan fingerprint density at radius 3 is 2.80 bits per heavy atom. The van der Waals surface area contributed by atoms with Crippen LogP contribution in [0.3, 0.4) is 0 Å². The first-order valence-electron chi connectivity index (χ1n) is 6.43. The van der Waals surface area contributed by atoms with Crippen LogP contribution < -0.4 is 5.32 Å². The second-order valence-electron chi connectivity index (χ2n) is 4.49. The van der Waals surface area contributed by atoms with Crippen molar-refractivity contribution >= 4 is 5.69 Å². The number of rotatable bonds is 4. The van der Waals surface area contributed by atoms with Gasteiger partial charge in [-0.1, -0.05) is 6.07 Å². The third-order valence-corrected chi connectivity index (χ3v) is 2.96. The van der Waals surface area contributed by atoms with Gasteiger partial charge in [0.25, 0.3) is 0 Å². The Kier molecular flexibility index (Phi) is 3.41. The van der Waals surface area contributed by atoms with Gasteiger partial charge in [0, 0.05) is 37.0 Å². The zero-order chi connectivity index (χ0) is 13.8. The average molecular weight is 265 g/mol. The zero-order valence-electron chi connectivity index (χ0n) is 11.2. The van der Waals surface area contributed by atoms with Gasteiger partial charge in [-0.15, -0.1) is 0 Å². The van der Waals surface area contributed by atoms with E-state index in [9.17, 15) is 0 Å². The summed E-state index contributed by atoms with van der Waals surface area (Å²) in [7, 11) is 0. The van der Waals surface area contributed by atoms with Crippen molar-refractivity contribution < 1.29 is 0 Å². The van der Waals surface area contributed by atoms with Gasteiger partial charge in [0.2, 0.25) is 0 Å². The van der Waals surface area contributed by atoms with Crippen molar-refractivity contribution in [1.82, 2.24) is 19.7 Å². The van der Waals surface area contributed by atoms with Crippen LogP contribution in [-0.4, -0.2) is 19.7 Å². The van der Waals surface area contributed by atoms with E-state index in [2.05, 4.69) is 26.4 Å². The van der Waals surface area contributed by atoms with Gasteiger partial charge >= 0.3 is 0 Å². The van der Waals surface area contributed by atoms with Gasteiger partial charge in [-0.2, -0.15) is 5.10 Å². The Bertz CT molecular complexity index is 674. The molecule has 20 heavy (non-hydrogen) atoms. The normalized spacial score (nSPS) is 10.4. The number of nitrogens with zero attached hydrogens (tertiary/aromatic N) is 4. The Morgan fingerprint density at radius 1 is 1.10 bits per heavy atom. The molecule has 0 amide bonds. The highest BCUT2D eigenvalue weighted by Gasteiger charge is 2.05. The Morgan fingerprint density at radius 2 is 2.05 bits per heavy atom. The Hall–Kier alpha value is -2.69. The van der Waals surface area contributed by atoms with Gasteiger partial charge in [-0.25, -0.2) is 9.67 Å². The van der Waals surface area contributed by atoms with E-state index in [-0.39, 0.29) is 0 Å². The average Bonchev–Trinajstić information content (AvgIpc) is 3.01. The molecule has 0 saturated heterocycles. The molecule has 0 atom stereocenters. The van der Waals surface area contributed by atoms with Crippen molar-refractivity contribution in [2.24, 2.45) is 0 Å². The maximum Gasteiger partial charge on any atom is 0.176 e. The third kappa shape index (κ3) is 2.66. The van der Waals surface area contributed by atoms with Gasteiger partial charge in [0.15, 0.2) is 5.82 Å². The van der Waals surface area contributed by atoms with Crippen molar-refractivity contribution in [2.45, 2.75) is 13.5 Å². The summed E-state index contributed by atoms with van der Waals surface area (Å²) in [4.78, 5) is 8.66. The largest absolute Gasteiger partial charge is 0.378 e. The number of aromatic nitrogens is 4. The fourth-order valence-electron chi connectivity index (χ4n) is 1.91. The van der Waals surface area contributed by atoms with Crippen LogP contribution in [0.1, 0.15) is 11.3 Å². The van der Waals surface area contributed by atoms with E-state index in [4.69, 9.17) is 0 Å². The van der Waals surface area contributed by atoms with Gasteiger partial charge < -0.3 is 5.32 Å². The van der Waals surface area contributed by atoms with E-state index in [1.807, 2.05) is 43.6 Å². The second-order valence-corrected chi connectivity index (χ2v) is 4.49. The molecule has 3 rings (SSSR count). The van der Waals surface area contributed by atoms with Crippen LogP contribution in [-0.2, 0) is 6.54 Å². The van der Waals surface area contributed by atoms with Crippen LogP contribution in [0.2, 0.25) is 0 Å². The lowest BCUT2D eigenvalue weighted by molar-refractivity contribution is 0.846. The molecule has 0 aliphatic rings. The number of hydrogen-bond donors (Lipinski definition) is 1. The van der Waals surface area contributed by atoms with Crippen LogP contribution in [0.4, 0.5) is 5.69 Å². The van der Waals surface area contributed by atoms with E-state index >= 15 is 0 Å². The standard InChI is InChI=1S/C15H15N5/c1-12-5-6-13(10-17-12)11-18-14-4-2-7-16-15(14)20-9-3-8-19-20/h2-10,18H,11H2,1H3. The summed E-state index contributed by atoms with van der Waals surface area (Å²) in [6, 6.07) is 9.85. The first-order valence-corrected chi connectivity index (χ1v) is 6.43. The van der Waals surface area contributed by atoms with Gasteiger partial charge in [-0.3, -0.25) is 4.98 Å². The van der Waals surface area contributed by atoms with Crippen LogP contribution in [0.25, 0.3) is 5.82 Å². The molecule has 100 valence electrons.